The largest absolute Gasteiger partial charge is 0.493 e. The maximum atomic E-state index is 6.21. The molecule has 0 saturated heterocycles. The molecule has 0 atom stereocenters. The molecule has 0 amide bonds. The summed E-state index contributed by atoms with van der Waals surface area (Å²) < 4.78 is 7.33. The summed E-state index contributed by atoms with van der Waals surface area (Å²) in [6.07, 6.45) is 1.10. The Morgan fingerprint density at radius 2 is 1.75 bits per heavy atom. The summed E-state index contributed by atoms with van der Waals surface area (Å²) in [5, 5.41) is 0.283. The minimum absolute atomic E-state index is 0.134. The van der Waals surface area contributed by atoms with Crippen molar-refractivity contribution in [2.75, 3.05) is 6.61 Å². The normalized spacial score (nSPS) is 12.8. The molecular weight excluding hydrogens is 328 g/mol. The molecule has 0 aliphatic heterocycles. The molecule has 0 aliphatic carbocycles. The summed E-state index contributed by atoms with van der Waals surface area (Å²) in [4.78, 5) is 0. The van der Waals surface area contributed by atoms with Gasteiger partial charge < -0.3 is 4.74 Å². The highest BCUT2D eigenvalue weighted by Gasteiger charge is 2.27. The first-order valence-corrected chi connectivity index (χ1v) is 10.6. The molecule has 1 nitrogen and oxygen atoms in total. The van der Waals surface area contributed by atoms with Gasteiger partial charge in [-0.25, -0.2) is 0 Å². The first-order chi connectivity index (χ1) is 9.10. The van der Waals surface area contributed by atoms with Crippen molar-refractivity contribution in [1.29, 1.82) is 0 Å². The van der Waals surface area contributed by atoms with Crippen LogP contribution in [0.15, 0.2) is 22.7 Å². The number of hydrogen-bond acceptors (Lipinski definition) is 1. The van der Waals surface area contributed by atoms with E-state index in [1.165, 1.54) is 5.56 Å². The van der Waals surface area contributed by atoms with Crippen molar-refractivity contribution in [3.05, 3.63) is 28.2 Å². The second-order valence-electron chi connectivity index (χ2n) is 7.05. The van der Waals surface area contributed by atoms with Crippen molar-refractivity contribution >= 4 is 24.7 Å². The van der Waals surface area contributed by atoms with E-state index in [1.54, 1.807) is 0 Å². The maximum Gasteiger partial charge on any atom is 0.123 e. The summed E-state index contributed by atoms with van der Waals surface area (Å²) in [5.41, 5.74) is 1.43. The average Bonchev–Trinajstić information content (AvgIpc) is 2.37. The van der Waals surface area contributed by atoms with Gasteiger partial charge in [0, 0.05) is 10.0 Å². The van der Waals surface area contributed by atoms with Crippen molar-refractivity contribution in [2.24, 2.45) is 0 Å². The van der Waals surface area contributed by atoms with Crippen molar-refractivity contribution in [3.8, 4) is 5.75 Å². The highest BCUT2D eigenvalue weighted by atomic mass is 79.9. The van der Waals surface area contributed by atoms with Crippen LogP contribution in [0, 0.1) is 0 Å². The average molecular weight is 356 g/mol. The molecule has 0 aromatic heterocycles. The summed E-state index contributed by atoms with van der Waals surface area (Å²) >= 11 is 3.58. The third-order valence-corrected chi connectivity index (χ3v) is 7.84. The third kappa shape index (κ3) is 4.36. The highest BCUT2D eigenvalue weighted by molar-refractivity contribution is 9.10. The van der Waals surface area contributed by atoms with Crippen LogP contribution in [-0.2, 0) is 5.41 Å². The molecule has 0 bridgehead atoms. The standard InChI is InChI=1S/C17H28BrOSi/c1-8-16(2,3)14-11-13(18)9-10-15(14)19-12-17(4,5)20(6)7/h9-11H,8,12H2,1-7H3. The molecule has 1 rings (SSSR count). The van der Waals surface area contributed by atoms with Crippen LogP contribution in [0.4, 0.5) is 0 Å². The lowest BCUT2D eigenvalue weighted by atomic mass is 9.82. The van der Waals surface area contributed by atoms with Crippen LogP contribution >= 0.6 is 15.9 Å². The van der Waals surface area contributed by atoms with Crippen LogP contribution in [0.2, 0.25) is 18.1 Å². The Kier molecular flexibility index (Phi) is 5.91. The van der Waals surface area contributed by atoms with Gasteiger partial charge in [0.2, 0.25) is 0 Å². The SMILES string of the molecule is CCC(C)(C)c1cc(Br)ccc1OCC(C)(C)[Si](C)C. The minimum atomic E-state index is -0.376. The molecular formula is C17H28BrOSi. The molecule has 1 radical (unpaired) electrons. The fourth-order valence-electron chi connectivity index (χ4n) is 1.75. The molecule has 0 unspecified atom stereocenters. The second-order valence-corrected chi connectivity index (χ2v) is 11.3. The lowest BCUT2D eigenvalue weighted by molar-refractivity contribution is 0.268. The molecule has 0 heterocycles. The van der Waals surface area contributed by atoms with E-state index >= 15 is 0 Å². The monoisotopic (exact) mass is 355 g/mol. The van der Waals surface area contributed by atoms with Crippen LogP contribution in [0.1, 0.15) is 46.6 Å². The molecule has 0 N–H and O–H groups in total. The van der Waals surface area contributed by atoms with E-state index in [9.17, 15) is 0 Å². The Balaban J connectivity index is 3.02. The molecule has 0 aliphatic rings. The minimum Gasteiger partial charge on any atom is -0.493 e. The van der Waals surface area contributed by atoms with Gasteiger partial charge in [0.05, 0.1) is 15.4 Å². The van der Waals surface area contributed by atoms with Gasteiger partial charge in [-0.3, -0.25) is 0 Å². The number of hydrogen-bond donors (Lipinski definition) is 0. The lowest BCUT2D eigenvalue weighted by Gasteiger charge is -2.31. The van der Waals surface area contributed by atoms with Crippen LogP contribution in [-0.4, -0.2) is 15.4 Å². The zero-order valence-corrected chi connectivity index (χ0v) is 16.5. The van der Waals surface area contributed by atoms with Crippen molar-refractivity contribution in [2.45, 2.75) is 64.6 Å². The topological polar surface area (TPSA) is 9.23 Å². The zero-order valence-electron chi connectivity index (χ0n) is 13.9. The van der Waals surface area contributed by atoms with Crippen molar-refractivity contribution in [3.63, 3.8) is 0 Å². The summed E-state index contributed by atoms with van der Waals surface area (Å²) in [6, 6.07) is 6.38. The van der Waals surface area contributed by atoms with Gasteiger partial charge in [0.1, 0.15) is 5.75 Å². The van der Waals surface area contributed by atoms with Crippen LogP contribution in [0.3, 0.4) is 0 Å². The molecule has 20 heavy (non-hydrogen) atoms. The Labute approximate surface area is 134 Å². The van der Waals surface area contributed by atoms with E-state index in [2.05, 4.69) is 81.8 Å². The van der Waals surface area contributed by atoms with Crippen molar-refractivity contribution < 1.29 is 4.74 Å². The fraction of sp³-hybridized carbons (Fsp3) is 0.647. The van der Waals surface area contributed by atoms with E-state index in [0.29, 0.717) is 0 Å². The van der Waals surface area contributed by atoms with Gasteiger partial charge in [-0.15, -0.1) is 0 Å². The van der Waals surface area contributed by atoms with Gasteiger partial charge in [0.15, 0.2) is 0 Å². The Morgan fingerprint density at radius 3 is 2.25 bits per heavy atom. The molecule has 0 saturated carbocycles. The Bertz CT molecular complexity index is 452. The number of rotatable bonds is 6. The summed E-state index contributed by atoms with van der Waals surface area (Å²) in [6.45, 7) is 16.9. The van der Waals surface area contributed by atoms with Gasteiger partial charge in [0.25, 0.3) is 0 Å². The van der Waals surface area contributed by atoms with Crippen molar-refractivity contribution in [1.82, 2.24) is 0 Å². The van der Waals surface area contributed by atoms with Crippen LogP contribution in [0.5, 0.6) is 5.75 Å². The highest BCUT2D eigenvalue weighted by Crippen LogP contribution is 2.38. The number of benzene rings is 1. The van der Waals surface area contributed by atoms with E-state index in [-0.39, 0.29) is 19.2 Å². The van der Waals surface area contributed by atoms with Gasteiger partial charge >= 0.3 is 0 Å². The smallest absolute Gasteiger partial charge is 0.123 e. The first kappa shape index (κ1) is 17.8. The first-order valence-electron chi connectivity index (χ1n) is 7.33. The van der Waals surface area contributed by atoms with Gasteiger partial charge in [-0.2, -0.15) is 0 Å². The Morgan fingerprint density at radius 1 is 1.15 bits per heavy atom. The number of ether oxygens (including phenoxy) is 1. The van der Waals surface area contributed by atoms with E-state index in [4.69, 9.17) is 4.74 Å². The predicted octanol–water partition coefficient (Wildman–Crippen LogP) is 6.05. The number of halogens is 1. The molecule has 0 spiro atoms. The quantitative estimate of drug-likeness (QED) is 0.564. The van der Waals surface area contributed by atoms with Gasteiger partial charge in [-0.05, 0) is 35.1 Å². The van der Waals surface area contributed by atoms with Gasteiger partial charge in [-0.1, -0.05) is 63.6 Å². The molecule has 113 valence electrons. The van der Waals surface area contributed by atoms with E-state index in [1.807, 2.05) is 0 Å². The Hall–Kier alpha value is -0.283. The second kappa shape index (κ2) is 6.65. The lowest BCUT2D eigenvalue weighted by Crippen LogP contribution is -2.28. The molecule has 0 fully saturated rings. The van der Waals surface area contributed by atoms with Crippen LogP contribution in [0.25, 0.3) is 0 Å². The molecule has 1 aromatic rings. The van der Waals surface area contributed by atoms with E-state index < -0.39 is 0 Å². The molecule has 3 heteroatoms. The zero-order chi connectivity index (χ0) is 15.6. The summed E-state index contributed by atoms with van der Waals surface area (Å²) in [7, 11) is -0.376. The summed E-state index contributed by atoms with van der Waals surface area (Å²) in [5.74, 6) is 1.04. The van der Waals surface area contributed by atoms with E-state index in [0.717, 1.165) is 23.2 Å². The van der Waals surface area contributed by atoms with Crippen LogP contribution < -0.4 is 4.74 Å². The maximum absolute atomic E-state index is 6.21. The predicted molar refractivity (Wildman–Crippen MR) is 94.5 cm³/mol. The fourth-order valence-corrected chi connectivity index (χ4v) is 2.47. The third-order valence-electron chi connectivity index (χ3n) is 4.50. The molecule has 1 aromatic carbocycles.